The first-order valence-electron chi connectivity index (χ1n) is 6.90. The molecule has 0 saturated heterocycles. The zero-order valence-electron chi connectivity index (χ0n) is 12.4. The number of amidine groups is 1. The first kappa shape index (κ1) is 15.0. The largest absolute Gasteiger partial charge is 0.271 e. The Hall–Kier alpha value is -2.91. The molecular weight excluding hydrogens is 306 g/mol. The number of nitriles is 1. The van der Waals surface area contributed by atoms with Crippen molar-refractivity contribution in [2.75, 3.05) is 6.26 Å². The van der Waals surface area contributed by atoms with Crippen LogP contribution in [0.1, 0.15) is 0 Å². The number of hydrogen-bond acceptors (Lipinski definition) is 5. The van der Waals surface area contributed by atoms with Crippen molar-refractivity contribution in [1.29, 1.82) is 5.26 Å². The number of aliphatic imine (C=N–C) groups is 1. The minimum absolute atomic E-state index is 0.550. The van der Waals surface area contributed by atoms with Crippen LogP contribution in [0.2, 0.25) is 0 Å². The lowest BCUT2D eigenvalue weighted by molar-refractivity contribution is 1.27. The lowest BCUT2D eigenvalue weighted by Crippen LogP contribution is -2.12. The highest BCUT2D eigenvalue weighted by Crippen LogP contribution is 2.24. The van der Waals surface area contributed by atoms with Gasteiger partial charge in [0.05, 0.1) is 28.6 Å². The average molecular weight is 319 g/mol. The van der Waals surface area contributed by atoms with E-state index in [1.54, 1.807) is 6.20 Å². The van der Waals surface area contributed by atoms with Gasteiger partial charge in [-0.25, -0.2) is 9.98 Å². The van der Waals surface area contributed by atoms with Crippen molar-refractivity contribution in [1.82, 2.24) is 15.3 Å². The predicted molar refractivity (Wildman–Crippen MR) is 94.3 cm³/mol. The number of nitrogens with one attached hydrogen (secondary N) is 1. The van der Waals surface area contributed by atoms with Gasteiger partial charge in [0, 0.05) is 5.56 Å². The Morgan fingerprint density at radius 3 is 2.78 bits per heavy atom. The number of hydrogen-bond donors (Lipinski definition) is 1. The molecule has 6 heteroatoms. The Morgan fingerprint density at radius 1 is 1.17 bits per heavy atom. The molecule has 0 fully saturated rings. The van der Waals surface area contributed by atoms with Gasteiger partial charge < -0.3 is 0 Å². The van der Waals surface area contributed by atoms with Gasteiger partial charge in [-0.05, 0) is 30.5 Å². The molecule has 3 rings (SSSR count). The maximum Gasteiger partial charge on any atom is 0.183 e. The van der Waals surface area contributed by atoms with E-state index in [9.17, 15) is 0 Å². The molecule has 0 amide bonds. The number of benzene rings is 2. The van der Waals surface area contributed by atoms with Gasteiger partial charge in [0.2, 0.25) is 0 Å². The molecule has 2 aromatic carbocycles. The number of para-hydroxylation sites is 2. The zero-order chi connectivity index (χ0) is 16.1. The van der Waals surface area contributed by atoms with Crippen LogP contribution in [0.15, 0.2) is 59.7 Å². The summed E-state index contributed by atoms with van der Waals surface area (Å²) in [5, 5.41) is 11.8. The number of nitrogens with zero attached hydrogens (tertiary/aromatic N) is 4. The predicted octanol–water partition coefficient (Wildman–Crippen LogP) is 3.72. The summed E-state index contributed by atoms with van der Waals surface area (Å²) in [6, 6.07) is 15.4. The van der Waals surface area contributed by atoms with Gasteiger partial charge in [-0.2, -0.15) is 5.26 Å². The van der Waals surface area contributed by atoms with Crippen molar-refractivity contribution in [2.45, 2.75) is 0 Å². The lowest BCUT2D eigenvalue weighted by Gasteiger charge is -2.04. The van der Waals surface area contributed by atoms with E-state index in [2.05, 4.69) is 20.3 Å². The van der Waals surface area contributed by atoms with Crippen LogP contribution >= 0.6 is 11.8 Å². The molecule has 0 aliphatic heterocycles. The van der Waals surface area contributed by atoms with Gasteiger partial charge >= 0.3 is 0 Å². The highest BCUT2D eigenvalue weighted by Gasteiger charge is 2.04. The second-order valence-corrected chi connectivity index (χ2v) is 5.45. The van der Waals surface area contributed by atoms with E-state index in [1.807, 2.05) is 61.0 Å². The summed E-state index contributed by atoms with van der Waals surface area (Å²) in [6.45, 7) is 0. The normalized spacial score (nSPS) is 11.2. The van der Waals surface area contributed by atoms with Crippen LogP contribution in [-0.4, -0.2) is 21.4 Å². The molecule has 0 spiro atoms. The Bertz CT molecular complexity index is 914. The number of aromatic nitrogens is 2. The Kier molecular flexibility index (Phi) is 4.50. The molecule has 1 heterocycles. The van der Waals surface area contributed by atoms with Crippen molar-refractivity contribution in [3.8, 4) is 17.5 Å². The maximum atomic E-state index is 8.71. The summed E-state index contributed by atoms with van der Waals surface area (Å²) in [5.74, 6) is 0. The van der Waals surface area contributed by atoms with Crippen molar-refractivity contribution in [2.24, 2.45) is 4.99 Å². The van der Waals surface area contributed by atoms with Crippen LogP contribution in [0.3, 0.4) is 0 Å². The third-order valence-electron chi connectivity index (χ3n) is 3.18. The van der Waals surface area contributed by atoms with Gasteiger partial charge in [0.1, 0.15) is 0 Å². The Labute approximate surface area is 138 Å². The molecule has 0 aliphatic carbocycles. The molecule has 0 unspecified atom stereocenters. The van der Waals surface area contributed by atoms with E-state index in [-0.39, 0.29) is 0 Å². The lowest BCUT2D eigenvalue weighted by atomic mass is 10.1. The first-order valence-corrected chi connectivity index (χ1v) is 8.12. The van der Waals surface area contributed by atoms with Crippen molar-refractivity contribution in [3.63, 3.8) is 0 Å². The van der Waals surface area contributed by atoms with Crippen LogP contribution in [0, 0.1) is 11.5 Å². The molecule has 0 bridgehead atoms. The molecule has 0 radical (unpaired) electrons. The summed E-state index contributed by atoms with van der Waals surface area (Å²) in [6.07, 6.45) is 5.50. The van der Waals surface area contributed by atoms with E-state index in [1.165, 1.54) is 11.8 Å². The fraction of sp³-hybridized carbons (Fsp3) is 0.0588. The summed E-state index contributed by atoms with van der Waals surface area (Å²) in [7, 11) is 0. The molecule has 3 aromatic rings. The summed E-state index contributed by atoms with van der Waals surface area (Å²) < 4.78 is 0. The van der Waals surface area contributed by atoms with E-state index < -0.39 is 0 Å². The molecule has 0 saturated carbocycles. The molecule has 0 atom stereocenters. The molecule has 0 aliphatic rings. The highest BCUT2D eigenvalue weighted by atomic mass is 32.2. The third-order valence-corrected chi connectivity index (χ3v) is 3.76. The Balaban J connectivity index is 1.99. The minimum Gasteiger partial charge on any atom is -0.271 e. The van der Waals surface area contributed by atoms with E-state index in [0.29, 0.717) is 5.17 Å². The van der Waals surface area contributed by atoms with E-state index in [4.69, 9.17) is 5.26 Å². The van der Waals surface area contributed by atoms with E-state index >= 15 is 0 Å². The standard InChI is InChI=1S/C17H13N5S/c1-23-17(20-11-18)21-13-6-4-5-12(9-13)16-10-19-14-7-2-3-8-15(14)22-16/h2-10H,1H3,(H,20,21). The van der Waals surface area contributed by atoms with Crippen LogP contribution in [0.5, 0.6) is 0 Å². The Morgan fingerprint density at radius 2 is 2.00 bits per heavy atom. The fourth-order valence-corrected chi connectivity index (χ4v) is 2.47. The smallest absolute Gasteiger partial charge is 0.183 e. The quantitative estimate of drug-likeness (QED) is 0.337. The zero-order valence-corrected chi connectivity index (χ0v) is 13.2. The van der Waals surface area contributed by atoms with Gasteiger partial charge in [0.15, 0.2) is 11.4 Å². The topological polar surface area (TPSA) is 74.0 Å². The minimum atomic E-state index is 0.550. The van der Waals surface area contributed by atoms with Crippen molar-refractivity contribution >= 4 is 33.7 Å². The fourth-order valence-electron chi connectivity index (χ4n) is 2.12. The van der Waals surface area contributed by atoms with Gasteiger partial charge in [-0.3, -0.25) is 10.3 Å². The van der Waals surface area contributed by atoms with Gasteiger partial charge in [0.25, 0.3) is 0 Å². The second-order valence-electron chi connectivity index (χ2n) is 4.65. The summed E-state index contributed by atoms with van der Waals surface area (Å²) in [4.78, 5) is 13.5. The molecule has 1 N–H and O–H groups in total. The number of rotatable bonds is 2. The van der Waals surface area contributed by atoms with E-state index in [0.717, 1.165) is 28.0 Å². The number of thioether (sulfide) groups is 1. The highest BCUT2D eigenvalue weighted by molar-refractivity contribution is 8.13. The van der Waals surface area contributed by atoms with Gasteiger partial charge in [-0.1, -0.05) is 36.0 Å². The van der Waals surface area contributed by atoms with Crippen molar-refractivity contribution in [3.05, 3.63) is 54.7 Å². The summed E-state index contributed by atoms with van der Waals surface area (Å²) >= 11 is 1.38. The van der Waals surface area contributed by atoms with Gasteiger partial charge in [-0.15, -0.1) is 0 Å². The third kappa shape index (κ3) is 3.47. The number of fused-ring (bicyclic) bond motifs is 1. The molecule has 112 valence electrons. The van der Waals surface area contributed by atoms with Crippen LogP contribution in [0.25, 0.3) is 22.3 Å². The van der Waals surface area contributed by atoms with Crippen LogP contribution in [-0.2, 0) is 0 Å². The molecule has 23 heavy (non-hydrogen) atoms. The van der Waals surface area contributed by atoms with Crippen LogP contribution < -0.4 is 5.32 Å². The monoisotopic (exact) mass is 319 g/mol. The molecule has 1 aromatic heterocycles. The van der Waals surface area contributed by atoms with Crippen molar-refractivity contribution < 1.29 is 0 Å². The van der Waals surface area contributed by atoms with Crippen LogP contribution in [0.4, 0.5) is 5.69 Å². The summed E-state index contributed by atoms with van der Waals surface area (Å²) in [5.41, 5.74) is 4.20. The first-order chi connectivity index (χ1) is 11.3. The average Bonchev–Trinajstić information content (AvgIpc) is 2.61. The maximum absolute atomic E-state index is 8.71. The second kappa shape index (κ2) is 6.90. The molecule has 5 nitrogen and oxygen atoms in total. The molecular formula is C17H13N5S. The SMILES string of the molecule is CSC(=Nc1cccc(-c2cnc3ccccc3n2)c1)NC#N.